The Morgan fingerprint density at radius 1 is 0.419 bits per heavy atom. The molecule has 14 heteroatoms. The van der Waals surface area contributed by atoms with Gasteiger partial charge in [-0.15, -0.1) is 0 Å². The number of aryl methyl sites for hydroxylation is 2. The van der Waals surface area contributed by atoms with Crippen LogP contribution in [0.3, 0.4) is 0 Å². The van der Waals surface area contributed by atoms with Crippen molar-refractivity contribution in [3.63, 3.8) is 0 Å². The Morgan fingerprint density at radius 2 is 0.774 bits per heavy atom. The third-order valence-corrected chi connectivity index (χ3v) is 57.4. The van der Waals surface area contributed by atoms with E-state index in [1.165, 1.54) is 4.89 Å². The van der Waals surface area contributed by atoms with Gasteiger partial charge >= 0.3 is 487 Å². The molecule has 0 atom stereocenters. The molecule has 0 saturated heterocycles. The first-order chi connectivity index (χ1) is 28.9. The molecule has 9 heterocycles. The summed E-state index contributed by atoms with van der Waals surface area (Å²) in [5.41, 5.74) is 6.23. The number of rotatable bonds is 3. The van der Waals surface area contributed by atoms with Crippen molar-refractivity contribution < 1.29 is 18.9 Å². The van der Waals surface area contributed by atoms with Crippen LogP contribution in [0.15, 0.2) is 129 Å². The topological polar surface area (TPSA) is 0 Å². The summed E-state index contributed by atoms with van der Waals surface area (Å²) in [6.07, 6.45) is 0. The zero-order chi connectivity index (χ0) is 45.3. The molecule has 0 aromatic carbocycles. The van der Waals surface area contributed by atoms with E-state index in [2.05, 4.69) is 239 Å². The molecule has 0 aliphatic heterocycles. The Labute approximate surface area is 477 Å². The second kappa shape index (κ2) is 36.6. The molecule has 9 rings (SSSR count). The van der Waals surface area contributed by atoms with Crippen LogP contribution in [0, 0.1) is 51.4 Å². The molecule has 0 saturated carbocycles. The summed E-state index contributed by atoms with van der Waals surface area (Å²) in [6, 6.07) is 30.0. The van der Waals surface area contributed by atoms with Crippen LogP contribution in [-0.2, 0) is 0 Å². The fraction of sp³-hybridized carbons (Fsp3) is 0.250. The van der Waals surface area contributed by atoms with E-state index in [-0.39, 0.29) is 18.9 Å². The van der Waals surface area contributed by atoms with Crippen LogP contribution in [0.1, 0.15) is 31.1 Å². The summed E-state index contributed by atoms with van der Waals surface area (Å²) in [7, 11) is 0. The molecule has 9 aromatic rings. The molecule has 328 valence electrons. The molecule has 0 aliphatic carbocycles. The first-order valence-electron chi connectivity index (χ1n) is 19.4. The molecular weight excluding hydrogens is 1790 g/mol. The van der Waals surface area contributed by atoms with Crippen molar-refractivity contribution in [3.8, 4) is 8.87 Å². The van der Waals surface area contributed by atoms with Crippen LogP contribution >= 0.6 is 45.2 Å². The molecule has 0 fully saturated rings. The van der Waals surface area contributed by atoms with Gasteiger partial charge in [0, 0.05) is 0 Å². The van der Waals surface area contributed by atoms with Gasteiger partial charge in [0.25, 0.3) is 0 Å². The average molecular weight is 1840 g/mol. The first kappa shape index (κ1) is 63.7. The fourth-order valence-corrected chi connectivity index (χ4v) is 36.1. The quantitative estimate of drug-likeness (QED) is 0.0972. The maximum absolute atomic E-state index is 3.05. The third kappa shape index (κ3) is 27.9. The molecule has 0 N–H and O–H groups in total. The van der Waals surface area contributed by atoms with Crippen molar-refractivity contribution in [2.24, 2.45) is 0 Å². The molecule has 0 nitrogen and oxygen atoms in total. The van der Waals surface area contributed by atoms with Gasteiger partial charge in [-0.1, -0.05) is 0 Å². The van der Waals surface area contributed by atoms with Gasteiger partial charge in [0.05, 0.1) is 0 Å². The van der Waals surface area contributed by atoms with E-state index < -0.39 is 36.8 Å². The Morgan fingerprint density at radius 3 is 0.903 bits per heavy atom. The van der Waals surface area contributed by atoms with Crippen molar-refractivity contribution in [1.29, 1.82) is 0 Å². The van der Waals surface area contributed by atoms with Gasteiger partial charge < -0.3 is 0 Å². The van der Waals surface area contributed by atoms with Crippen molar-refractivity contribution in [1.82, 2.24) is 0 Å². The van der Waals surface area contributed by atoms with Gasteiger partial charge in [0.15, 0.2) is 0 Å². The molecule has 0 spiro atoms. The van der Waals surface area contributed by atoms with E-state index >= 15 is 0 Å². The minimum atomic E-state index is -1.57. The minimum absolute atomic E-state index is 0. The van der Waals surface area contributed by atoms with Crippen molar-refractivity contribution in [2.75, 3.05) is 0 Å². The molecule has 0 bridgehead atoms. The van der Waals surface area contributed by atoms with Crippen LogP contribution < -0.4 is 23.8 Å². The number of halogens is 2. The van der Waals surface area contributed by atoms with Gasteiger partial charge in [0.2, 0.25) is 0 Å². The fourth-order valence-electron chi connectivity index (χ4n) is 4.49. The summed E-state index contributed by atoms with van der Waals surface area (Å²) in [6.45, 7) is 13.8. The van der Waals surface area contributed by atoms with E-state index in [1.807, 2.05) is 17.0 Å². The molecule has 0 radical (unpaired) electrons. The normalized spacial score (nSPS) is 9.97. The first-order valence-corrected chi connectivity index (χ1v) is 58.1. The standard InChI is InChI=1S/C14H18Se2.2C4H3ISe.2C4H4Se.3C4H3Se.6CH3.Li.2Sn/c1-7-9(3)13(15-11(7)5)14-10(4)8(2)12(6)16-14;2*5-4-2-1-3-6-4;5*1-2-4-5-3-1;;;;;;;;;/h1-6H3;2*1-3H;2*1-4H;3*1-3H;6*1H3;;;/q;;;;;;;-1;;;;;;;+1;;. The summed E-state index contributed by atoms with van der Waals surface area (Å²) in [4.78, 5) is 37.9. The molecule has 9 aromatic heterocycles. The van der Waals surface area contributed by atoms with Crippen LogP contribution in [0.4, 0.5) is 0 Å². The zero-order valence-corrected chi connectivity index (χ0v) is 63.7. The predicted octanol–water partition coefficient (Wildman–Crippen LogP) is 7.63. The maximum atomic E-state index is 3.05. The summed E-state index contributed by atoms with van der Waals surface area (Å²) in [5.74, 6) is 0. The Balaban J connectivity index is 0.000000368. The summed E-state index contributed by atoms with van der Waals surface area (Å²) < 4.78 is 13.3. The summed E-state index contributed by atoms with van der Waals surface area (Å²) >= 11 is 7.65. The predicted molar refractivity (Wildman–Crippen MR) is 308 cm³/mol. The molecule has 0 aliphatic rings. The number of hydrogen-bond acceptors (Lipinski definition) is 0. The monoisotopic (exact) mass is 1860 g/mol. The van der Waals surface area contributed by atoms with Gasteiger partial charge in [0.1, 0.15) is 0 Å². The zero-order valence-electron chi connectivity index (χ0n) is 38.2. The van der Waals surface area contributed by atoms with Crippen molar-refractivity contribution in [2.45, 2.75) is 71.2 Å². The van der Waals surface area contributed by atoms with Crippen molar-refractivity contribution >= 4 is 217 Å². The molecular formula is C48H59I2LiSe9Sn2. The van der Waals surface area contributed by atoms with E-state index in [0.717, 1.165) is 29.0 Å². The molecule has 0 amide bonds. The van der Waals surface area contributed by atoms with Crippen LogP contribution in [-0.4, -0.2) is 167 Å². The van der Waals surface area contributed by atoms with Crippen molar-refractivity contribution in [3.05, 3.63) is 170 Å². The van der Waals surface area contributed by atoms with Crippen LogP contribution in [0.5, 0.6) is 0 Å². The Kier molecular flexibility index (Phi) is 37.5. The van der Waals surface area contributed by atoms with E-state index in [9.17, 15) is 0 Å². The number of hydrogen-bond donors (Lipinski definition) is 0. The van der Waals surface area contributed by atoms with Crippen LogP contribution in [0.2, 0.25) is 29.6 Å². The third-order valence-electron chi connectivity index (χ3n) is 8.30. The Hall–Kier alpha value is 3.65. The molecule has 0 unspecified atom stereocenters. The Bertz CT molecular complexity index is 2050. The molecule has 62 heavy (non-hydrogen) atoms. The van der Waals surface area contributed by atoms with Gasteiger partial charge in [-0.3, -0.25) is 0 Å². The van der Waals surface area contributed by atoms with Gasteiger partial charge in [-0.05, 0) is 0 Å². The average Bonchev–Trinajstić information content (AvgIpc) is 4.08. The van der Waals surface area contributed by atoms with E-state index in [0.29, 0.717) is 102 Å². The second-order valence-corrected chi connectivity index (χ2v) is 72.2. The van der Waals surface area contributed by atoms with E-state index in [1.54, 1.807) is 40.0 Å². The van der Waals surface area contributed by atoms with Gasteiger partial charge in [-0.2, -0.15) is 0 Å². The SMILES string of the molecule is Cc1[se]c(-c2[se]c(C)c(C)c2C)c(C)c1C.Ic1ccc[se]1.Ic1ccc[se]1.[CH3][Sn]([CH3])([CH3])[c]1ccc[se]1.[CH3][Sn]([CH3])([CH3])[c]1ccc[se]1.[Li+].[c-]1ccc[se]1.c1cc[se]c1.c1cc[se]c1. The summed E-state index contributed by atoms with van der Waals surface area (Å²) in [5, 5.41) is 0. The van der Waals surface area contributed by atoms with Gasteiger partial charge in [-0.25, -0.2) is 0 Å². The second-order valence-electron chi connectivity index (χ2n) is 15.1. The van der Waals surface area contributed by atoms with Crippen LogP contribution in [0.25, 0.3) is 8.87 Å². The van der Waals surface area contributed by atoms with E-state index in [4.69, 9.17) is 0 Å².